The predicted molar refractivity (Wildman–Crippen MR) is 73.2 cm³/mol. The maximum atomic E-state index is 9.73. The van der Waals surface area contributed by atoms with Crippen molar-refractivity contribution in [2.45, 2.75) is 13.5 Å². The molecule has 0 aliphatic heterocycles. The average Bonchev–Trinajstić information content (AvgIpc) is 2.41. The molecule has 0 saturated heterocycles. The maximum Gasteiger partial charge on any atom is 0.221 e. The Bertz CT molecular complexity index is 587. The lowest BCUT2D eigenvalue weighted by Gasteiger charge is -2.11. The van der Waals surface area contributed by atoms with Gasteiger partial charge in [0.25, 0.3) is 0 Å². The fraction of sp³-hybridized carbons (Fsp3) is 0.231. The first-order valence-corrected chi connectivity index (χ1v) is 5.78. The predicted octanol–water partition coefficient (Wildman–Crippen LogP) is 1.69. The van der Waals surface area contributed by atoms with Gasteiger partial charge in [-0.1, -0.05) is 0 Å². The van der Waals surface area contributed by atoms with Crippen molar-refractivity contribution >= 4 is 11.5 Å². The first-order valence-electron chi connectivity index (χ1n) is 5.78. The fourth-order valence-electron chi connectivity index (χ4n) is 1.74. The number of nitrogens with one attached hydrogen (secondary N) is 1. The Hall–Kier alpha value is -2.50. The summed E-state index contributed by atoms with van der Waals surface area (Å²) in [5, 5.41) is 12.9. The number of phenols is 1. The highest BCUT2D eigenvalue weighted by Crippen LogP contribution is 2.23. The number of methoxy groups -OCH3 is 1. The molecule has 6 heteroatoms. The van der Waals surface area contributed by atoms with Crippen LogP contribution in [0.4, 0.5) is 11.5 Å². The van der Waals surface area contributed by atoms with Gasteiger partial charge in [0.05, 0.1) is 12.7 Å². The smallest absolute Gasteiger partial charge is 0.221 e. The van der Waals surface area contributed by atoms with E-state index in [1.54, 1.807) is 25.3 Å². The van der Waals surface area contributed by atoms with Gasteiger partial charge in [0.2, 0.25) is 5.88 Å². The van der Waals surface area contributed by atoms with Crippen LogP contribution in [0.2, 0.25) is 0 Å². The van der Waals surface area contributed by atoms with Gasteiger partial charge in [0.1, 0.15) is 17.9 Å². The van der Waals surface area contributed by atoms with Crippen molar-refractivity contribution in [2.24, 2.45) is 0 Å². The second-order valence-corrected chi connectivity index (χ2v) is 4.10. The van der Waals surface area contributed by atoms with Crippen LogP contribution in [-0.4, -0.2) is 22.2 Å². The Kier molecular flexibility index (Phi) is 3.70. The van der Waals surface area contributed by atoms with Crippen LogP contribution in [0.5, 0.6) is 11.6 Å². The molecule has 0 atom stereocenters. The van der Waals surface area contributed by atoms with Gasteiger partial charge in [-0.2, -0.15) is 0 Å². The van der Waals surface area contributed by atoms with Crippen LogP contribution in [0, 0.1) is 6.92 Å². The molecule has 0 unspecified atom stereocenters. The van der Waals surface area contributed by atoms with E-state index in [9.17, 15) is 5.11 Å². The second-order valence-electron chi connectivity index (χ2n) is 4.10. The number of aromatic nitrogens is 2. The first-order chi connectivity index (χ1) is 9.11. The van der Waals surface area contributed by atoms with E-state index >= 15 is 0 Å². The molecule has 0 bridgehead atoms. The zero-order valence-corrected chi connectivity index (χ0v) is 10.8. The highest BCUT2D eigenvalue weighted by molar-refractivity contribution is 5.51. The third-order valence-corrected chi connectivity index (χ3v) is 2.78. The molecule has 0 fully saturated rings. The summed E-state index contributed by atoms with van der Waals surface area (Å²) in [5.41, 5.74) is 7.81. The minimum atomic E-state index is 0.195. The molecule has 6 nitrogen and oxygen atoms in total. The van der Waals surface area contributed by atoms with Gasteiger partial charge in [-0.3, -0.25) is 0 Å². The maximum absolute atomic E-state index is 9.73. The van der Waals surface area contributed by atoms with E-state index in [-0.39, 0.29) is 5.75 Å². The summed E-state index contributed by atoms with van der Waals surface area (Å²) in [6.07, 6.45) is 1.42. The molecular formula is C13H16N4O2. The minimum absolute atomic E-state index is 0.195. The van der Waals surface area contributed by atoms with Gasteiger partial charge in [-0.15, -0.1) is 0 Å². The summed E-state index contributed by atoms with van der Waals surface area (Å²) in [6, 6.07) is 4.94. The summed E-state index contributed by atoms with van der Waals surface area (Å²) < 4.78 is 5.12. The normalized spacial score (nSPS) is 10.2. The molecule has 4 N–H and O–H groups in total. The van der Waals surface area contributed by atoms with E-state index in [0.717, 1.165) is 5.56 Å². The number of aromatic hydroxyl groups is 1. The molecule has 100 valence electrons. The standard InChI is InChI=1S/C13H16N4O2/c1-8-12(16-7-17-13(8)19-2)15-6-9-5-10(14)3-4-11(9)18/h3-5,7,18H,6,14H2,1-2H3,(H,15,16,17). The number of benzene rings is 1. The molecule has 1 aromatic carbocycles. The number of nitrogens with zero attached hydrogens (tertiary/aromatic N) is 2. The second kappa shape index (κ2) is 5.43. The van der Waals surface area contributed by atoms with Crippen molar-refractivity contribution < 1.29 is 9.84 Å². The number of rotatable bonds is 4. The third-order valence-electron chi connectivity index (χ3n) is 2.78. The van der Waals surface area contributed by atoms with Crippen LogP contribution in [0.3, 0.4) is 0 Å². The van der Waals surface area contributed by atoms with Gasteiger partial charge in [-0.05, 0) is 25.1 Å². The summed E-state index contributed by atoms with van der Waals surface area (Å²) in [6.45, 7) is 2.28. The lowest BCUT2D eigenvalue weighted by atomic mass is 10.1. The van der Waals surface area contributed by atoms with E-state index in [4.69, 9.17) is 10.5 Å². The summed E-state index contributed by atoms with van der Waals surface area (Å²) in [5.74, 6) is 1.38. The number of hydrogen-bond donors (Lipinski definition) is 3. The lowest BCUT2D eigenvalue weighted by Crippen LogP contribution is -2.05. The van der Waals surface area contributed by atoms with Crippen LogP contribution in [0.1, 0.15) is 11.1 Å². The SMILES string of the molecule is COc1ncnc(NCc2cc(N)ccc2O)c1C. The van der Waals surface area contributed by atoms with Crippen molar-refractivity contribution in [3.8, 4) is 11.6 Å². The first kappa shape index (κ1) is 12.9. The molecule has 0 saturated carbocycles. The van der Waals surface area contributed by atoms with Gasteiger partial charge < -0.3 is 20.9 Å². The molecule has 0 radical (unpaired) electrons. The largest absolute Gasteiger partial charge is 0.508 e. The van der Waals surface area contributed by atoms with E-state index in [0.29, 0.717) is 29.5 Å². The van der Waals surface area contributed by atoms with Crippen LogP contribution in [-0.2, 0) is 6.54 Å². The number of hydrogen-bond acceptors (Lipinski definition) is 6. The molecule has 19 heavy (non-hydrogen) atoms. The molecule has 0 spiro atoms. The fourth-order valence-corrected chi connectivity index (χ4v) is 1.74. The number of nitrogen functional groups attached to an aromatic ring is 1. The highest BCUT2D eigenvalue weighted by Gasteiger charge is 2.08. The zero-order valence-electron chi connectivity index (χ0n) is 10.8. The molecule has 1 heterocycles. The van der Waals surface area contributed by atoms with E-state index in [1.807, 2.05) is 6.92 Å². The molecule has 2 rings (SSSR count). The van der Waals surface area contributed by atoms with Crippen molar-refractivity contribution in [1.82, 2.24) is 9.97 Å². The van der Waals surface area contributed by atoms with Crippen LogP contribution in [0.25, 0.3) is 0 Å². The number of ether oxygens (including phenoxy) is 1. The highest BCUT2D eigenvalue weighted by atomic mass is 16.5. The minimum Gasteiger partial charge on any atom is -0.508 e. The molecule has 0 amide bonds. The summed E-state index contributed by atoms with van der Waals surface area (Å²) in [4.78, 5) is 8.14. The van der Waals surface area contributed by atoms with Crippen LogP contribution < -0.4 is 15.8 Å². The Labute approximate surface area is 111 Å². The molecule has 1 aromatic heterocycles. The van der Waals surface area contributed by atoms with Gasteiger partial charge in [-0.25, -0.2) is 9.97 Å². The Morgan fingerprint density at radius 3 is 2.89 bits per heavy atom. The van der Waals surface area contributed by atoms with E-state index in [1.165, 1.54) is 6.33 Å². The number of anilines is 2. The average molecular weight is 260 g/mol. The van der Waals surface area contributed by atoms with Gasteiger partial charge in [0, 0.05) is 17.8 Å². The van der Waals surface area contributed by atoms with Crippen LogP contribution in [0.15, 0.2) is 24.5 Å². The van der Waals surface area contributed by atoms with Crippen molar-refractivity contribution in [3.05, 3.63) is 35.7 Å². The lowest BCUT2D eigenvalue weighted by molar-refractivity contribution is 0.393. The monoisotopic (exact) mass is 260 g/mol. The van der Waals surface area contributed by atoms with Gasteiger partial charge in [0.15, 0.2) is 0 Å². The number of nitrogens with two attached hydrogens (primary N) is 1. The quantitative estimate of drug-likeness (QED) is 0.572. The molecule has 0 aliphatic rings. The van der Waals surface area contributed by atoms with E-state index < -0.39 is 0 Å². The van der Waals surface area contributed by atoms with Crippen molar-refractivity contribution in [2.75, 3.05) is 18.2 Å². The van der Waals surface area contributed by atoms with Crippen molar-refractivity contribution in [1.29, 1.82) is 0 Å². The molecular weight excluding hydrogens is 244 g/mol. The summed E-state index contributed by atoms with van der Waals surface area (Å²) in [7, 11) is 1.56. The van der Waals surface area contributed by atoms with Crippen LogP contribution >= 0.6 is 0 Å². The molecule has 2 aromatic rings. The Morgan fingerprint density at radius 1 is 1.37 bits per heavy atom. The molecule has 0 aliphatic carbocycles. The zero-order chi connectivity index (χ0) is 13.8. The Morgan fingerprint density at radius 2 is 2.16 bits per heavy atom. The van der Waals surface area contributed by atoms with E-state index in [2.05, 4.69) is 15.3 Å². The van der Waals surface area contributed by atoms with Crippen molar-refractivity contribution in [3.63, 3.8) is 0 Å². The van der Waals surface area contributed by atoms with Gasteiger partial charge >= 0.3 is 0 Å². The Balaban J connectivity index is 2.17. The summed E-state index contributed by atoms with van der Waals surface area (Å²) >= 11 is 0. The third kappa shape index (κ3) is 2.85. The topological polar surface area (TPSA) is 93.3 Å². The number of phenolic OH excluding ortho intramolecular Hbond substituents is 1.